The highest BCUT2D eigenvalue weighted by atomic mass is 31.2. The van der Waals surface area contributed by atoms with Gasteiger partial charge in [-0.3, -0.25) is 23.4 Å². The van der Waals surface area contributed by atoms with Crippen LogP contribution in [0.2, 0.25) is 0 Å². The van der Waals surface area contributed by atoms with Gasteiger partial charge in [0, 0.05) is 25.2 Å². The van der Waals surface area contributed by atoms with Gasteiger partial charge in [-0.15, -0.1) is 0 Å². The summed E-state index contributed by atoms with van der Waals surface area (Å²) in [5, 5.41) is 40.2. The number of nitrogens with two attached hydrogens (primary N) is 1. The smallest absolute Gasteiger partial charge is 0.472 e. The molecule has 0 amide bonds. The monoisotopic (exact) mass is 916 g/mol. The molecule has 0 radical (unpaired) electrons. The van der Waals surface area contributed by atoms with E-state index in [1.165, 1.54) is 70.6 Å². The van der Waals surface area contributed by atoms with Crippen LogP contribution in [0, 0.1) is 11.8 Å². The average Bonchev–Trinajstić information content (AvgIpc) is 3.52. The Morgan fingerprint density at radius 3 is 1.83 bits per heavy atom. The number of allylic oxidation sites excluding steroid dienone is 4. The molecule has 0 aromatic rings. The molecule has 1 fully saturated rings. The van der Waals surface area contributed by atoms with Crippen molar-refractivity contribution < 1.29 is 62.8 Å². The molecule has 0 heterocycles. The third-order valence-corrected chi connectivity index (χ3v) is 12.4. The number of aliphatic carboxylic acids is 1. The molecule has 0 aromatic heterocycles. The van der Waals surface area contributed by atoms with Crippen molar-refractivity contribution >= 4 is 25.7 Å². The molecule has 8 atom stereocenters. The summed E-state index contributed by atoms with van der Waals surface area (Å²) >= 11 is 0. The van der Waals surface area contributed by atoms with Crippen LogP contribution in [0.4, 0.5) is 0 Å². The molecule has 14 nitrogen and oxygen atoms in total. The lowest BCUT2D eigenvalue weighted by Gasteiger charge is -2.20. The van der Waals surface area contributed by atoms with E-state index in [0.717, 1.165) is 51.4 Å². The normalized spacial score (nSPS) is 20.4. The quantitative estimate of drug-likeness (QED) is 0.0145. The van der Waals surface area contributed by atoms with Gasteiger partial charge in [0.2, 0.25) is 0 Å². The lowest BCUT2D eigenvalue weighted by molar-refractivity contribution is -0.161. The van der Waals surface area contributed by atoms with Crippen LogP contribution in [0.1, 0.15) is 187 Å². The average molecular weight is 916 g/mol. The van der Waals surface area contributed by atoms with Crippen molar-refractivity contribution in [2.24, 2.45) is 17.6 Å². The van der Waals surface area contributed by atoms with Crippen LogP contribution >= 0.6 is 7.82 Å². The molecule has 0 aliphatic heterocycles. The maximum absolute atomic E-state index is 12.7. The Bertz CT molecular complexity index is 1330. The van der Waals surface area contributed by atoms with Crippen molar-refractivity contribution in [2.45, 2.75) is 218 Å². The minimum atomic E-state index is -4.78. The van der Waals surface area contributed by atoms with Crippen molar-refractivity contribution in [2.75, 3.05) is 19.8 Å². The molecule has 15 heteroatoms. The van der Waals surface area contributed by atoms with Crippen LogP contribution in [0.15, 0.2) is 36.5 Å². The Morgan fingerprint density at radius 1 is 0.683 bits per heavy atom. The lowest BCUT2D eigenvalue weighted by Crippen LogP contribution is -2.34. The molecule has 0 bridgehead atoms. The number of hydrogen-bond donors (Lipinski definition) is 6. The van der Waals surface area contributed by atoms with Crippen LogP contribution in [0.5, 0.6) is 0 Å². The summed E-state index contributed by atoms with van der Waals surface area (Å²) in [7, 11) is -4.78. The van der Waals surface area contributed by atoms with Gasteiger partial charge in [-0.25, -0.2) is 4.57 Å². The summed E-state index contributed by atoms with van der Waals surface area (Å²) in [4.78, 5) is 46.3. The number of esters is 2. The zero-order valence-electron chi connectivity index (χ0n) is 38.7. The molecule has 0 spiro atoms. The zero-order chi connectivity index (χ0) is 46.6. The van der Waals surface area contributed by atoms with E-state index in [0.29, 0.717) is 32.1 Å². The molecule has 1 rings (SSSR count). The third-order valence-electron chi connectivity index (χ3n) is 11.4. The van der Waals surface area contributed by atoms with Crippen molar-refractivity contribution in [1.29, 1.82) is 0 Å². The van der Waals surface area contributed by atoms with E-state index >= 15 is 0 Å². The van der Waals surface area contributed by atoms with Crippen LogP contribution in [-0.2, 0) is 37.5 Å². The molecule has 1 unspecified atom stereocenters. The number of rotatable bonds is 41. The molecule has 366 valence electrons. The number of carboxylic acid groups (broad SMARTS) is 1. The number of ether oxygens (including phenoxy) is 2. The molecule has 1 saturated carbocycles. The first kappa shape index (κ1) is 58.6. The number of aliphatic hydroxyl groups excluding tert-OH is 3. The van der Waals surface area contributed by atoms with Crippen molar-refractivity contribution in [1.82, 2.24) is 0 Å². The fourth-order valence-corrected chi connectivity index (χ4v) is 8.30. The van der Waals surface area contributed by atoms with Crippen molar-refractivity contribution in [3.63, 3.8) is 0 Å². The molecule has 63 heavy (non-hydrogen) atoms. The Balaban J connectivity index is 2.44. The number of carbonyl (C=O) groups excluding carboxylic acids is 2. The maximum atomic E-state index is 12.7. The summed E-state index contributed by atoms with van der Waals surface area (Å²) in [5.74, 6) is -3.05. The standard InChI is InChI=1S/C48H86NO13P/c1-3-5-7-8-9-10-11-12-13-14-15-16-17-18-19-20-21-22-28-32-47(54)62-40(37-60-63(57,58)61-38-43(49)48(55)56)36-59-46(53)31-27-24-23-26-30-41-42(45(52)35-44(41)51)34-33-39(50)29-25-6-4-2/h12-13,23,26,33-34,39-45,50-52H,3-11,14-22,24-25,27-32,35-38,49H2,1-2H3,(H,55,56)(H,57,58)/b13-12-,26-23+,34-33+/t39-,40+,41+,42+,43-,44-,45+/m0/s1. The van der Waals surface area contributed by atoms with Crippen molar-refractivity contribution in [3.05, 3.63) is 36.5 Å². The third kappa shape index (κ3) is 32.0. The zero-order valence-corrected chi connectivity index (χ0v) is 39.6. The molecule has 0 aromatic carbocycles. The highest BCUT2D eigenvalue weighted by molar-refractivity contribution is 7.47. The van der Waals surface area contributed by atoms with Gasteiger partial charge < -0.3 is 40.5 Å². The number of phosphoric acid groups is 1. The Kier molecular flexibility index (Phi) is 35.1. The van der Waals surface area contributed by atoms with Gasteiger partial charge in [-0.2, -0.15) is 0 Å². The van der Waals surface area contributed by atoms with Crippen LogP contribution in [-0.4, -0.2) is 93.5 Å². The number of phosphoric ester groups is 1. The SMILES string of the molecule is CCCCCCCC/C=C\CCCCCCCCCCCC(=O)O[C@H](COC(=O)CCC/C=C/C[C@@H]1[C@@H](/C=C/[C@@H](O)CCCCC)[C@H](O)C[C@@H]1O)COP(=O)(O)OC[C@H](N)C(=O)O. The highest BCUT2D eigenvalue weighted by Gasteiger charge is 2.39. The molecular formula is C48H86NO13P. The van der Waals surface area contributed by atoms with Crippen LogP contribution in [0.3, 0.4) is 0 Å². The Hall–Kier alpha value is -2.42. The molecule has 7 N–H and O–H groups in total. The van der Waals surface area contributed by atoms with Crippen LogP contribution in [0.25, 0.3) is 0 Å². The first-order chi connectivity index (χ1) is 30.3. The summed E-state index contributed by atoms with van der Waals surface area (Å²) in [6.07, 6.45) is 34.4. The van der Waals surface area contributed by atoms with E-state index in [1.807, 2.05) is 18.2 Å². The predicted octanol–water partition coefficient (Wildman–Crippen LogP) is 9.56. The van der Waals surface area contributed by atoms with Crippen molar-refractivity contribution in [3.8, 4) is 0 Å². The van der Waals surface area contributed by atoms with E-state index in [4.69, 9.17) is 24.8 Å². The summed E-state index contributed by atoms with van der Waals surface area (Å²) < 4.78 is 32.8. The second-order valence-corrected chi connectivity index (χ2v) is 18.7. The molecular weight excluding hydrogens is 829 g/mol. The van der Waals surface area contributed by atoms with E-state index in [1.54, 1.807) is 6.08 Å². The first-order valence-electron chi connectivity index (χ1n) is 24.3. The first-order valence-corrected chi connectivity index (χ1v) is 25.8. The predicted molar refractivity (Wildman–Crippen MR) is 247 cm³/mol. The number of hydrogen-bond acceptors (Lipinski definition) is 12. The fraction of sp³-hybridized carbons (Fsp3) is 0.812. The highest BCUT2D eigenvalue weighted by Crippen LogP contribution is 2.43. The number of carboxylic acids is 1. The van der Waals surface area contributed by atoms with E-state index in [2.05, 4.69) is 30.5 Å². The minimum Gasteiger partial charge on any atom is -0.480 e. The molecule has 1 aliphatic carbocycles. The largest absolute Gasteiger partial charge is 0.480 e. The Morgan fingerprint density at radius 2 is 1.21 bits per heavy atom. The fourth-order valence-electron chi connectivity index (χ4n) is 7.52. The van der Waals surface area contributed by atoms with E-state index < -0.39 is 76.0 Å². The van der Waals surface area contributed by atoms with Crippen LogP contribution < -0.4 is 5.73 Å². The van der Waals surface area contributed by atoms with Gasteiger partial charge >= 0.3 is 25.7 Å². The van der Waals surface area contributed by atoms with Gasteiger partial charge in [0.1, 0.15) is 12.6 Å². The van der Waals surface area contributed by atoms with Gasteiger partial charge in [-0.1, -0.05) is 147 Å². The second kappa shape index (κ2) is 37.8. The summed E-state index contributed by atoms with van der Waals surface area (Å²) in [6.45, 7) is 2.47. The van der Waals surface area contributed by atoms with E-state index in [-0.39, 0.29) is 31.1 Å². The summed E-state index contributed by atoms with van der Waals surface area (Å²) in [5.41, 5.74) is 5.34. The molecule has 1 aliphatic rings. The Labute approximate surface area is 379 Å². The minimum absolute atomic E-state index is 0.0449. The van der Waals surface area contributed by atoms with Gasteiger partial charge in [-0.05, 0) is 63.7 Å². The number of carbonyl (C=O) groups is 3. The topological polar surface area (TPSA) is 232 Å². The van der Waals surface area contributed by atoms with Gasteiger partial charge in [0.15, 0.2) is 6.10 Å². The van der Waals surface area contributed by atoms with E-state index in [9.17, 15) is 39.2 Å². The second-order valence-electron chi connectivity index (χ2n) is 17.2. The van der Waals surface area contributed by atoms with Gasteiger partial charge in [0.05, 0.1) is 31.5 Å². The number of unbranched alkanes of at least 4 members (excludes halogenated alkanes) is 18. The molecule has 0 saturated heterocycles. The number of aliphatic hydroxyl groups is 3. The summed E-state index contributed by atoms with van der Waals surface area (Å²) in [6, 6.07) is -1.56. The van der Waals surface area contributed by atoms with Gasteiger partial charge in [0.25, 0.3) is 0 Å². The lowest BCUT2D eigenvalue weighted by atomic mass is 9.89. The maximum Gasteiger partial charge on any atom is 0.472 e.